The average Bonchev–Trinajstić information content (AvgIpc) is 2.95. The largest absolute Gasteiger partial charge is 0.466 e. The summed E-state index contributed by atoms with van der Waals surface area (Å²) in [6.45, 7) is 9.13. The predicted octanol–water partition coefficient (Wildman–Crippen LogP) is 2.41. The van der Waals surface area contributed by atoms with Crippen LogP contribution < -0.4 is 0 Å². The highest BCUT2D eigenvalue weighted by molar-refractivity contribution is 5.91. The highest BCUT2D eigenvalue weighted by Crippen LogP contribution is 2.59. The summed E-state index contributed by atoms with van der Waals surface area (Å²) in [5.74, 6) is -0.722. The number of rotatable bonds is 3. The van der Waals surface area contributed by atoms with E-state index in [-0.39, 0.29) is 47.9 Å². The molecule has 0 bridgehead atoms. The molecule has 6 nitrogen and oxygen atoms in total. The second kappa shape index (κ2) is 6.46. The van der Waals surface area contributed by atoms with Gasteiger partial charge in [-0.1, -0.05) is 13.5 Å². The van der Waals surface area contributed by atoms with Gasteiger partial charge < -0.3 is 14.2 Å². The molecule has 0 unspecified atom stereocenters. The van der Waals surface area contributed by atoms with Gasteiger partial charge >= 0.3 is 17.9 Å². The summed E-state index contributed by atoms with van der Waals surface area (Å²) >= 11 is 0. The Balaban J connectivity index is 1.95. The third-order valence-corrected chi connectivity index (χ3v) is 6.38. The number of hydrogen-bond donors (Lipinski definition) is 0. The van der Waals surface area contributed by atoms with Gasteiger partial charge in [-0.05, 0) is 37.5 Å². The van der Waals surface area contributed by atoms with Crippen molar-refractivity contribution in [3.8, 4) is 0 Å². The number of ether oxygens (including phenoxy) is 3. The Labute approximate surface area is 147 Å². The van der Waals surface area contributed by atoms with Gasteiger partial charge in [-0.15, -0.1) is 0 Å². The number of esters is 3. The minimum absolute atomic E-state index is 0.0708. The Morgan fingerprint density at radius 2 is 1.92 bits per heavy atom. The normalized spacial score (nSPS) is 39.9. The van der Waals surface area contributed by atoms with Gasteiger partial charge in [-0.3, -0.25) is 9.59 Å². The fourth-order valence-electron chi connectivity index (χ4n) is 5.23. The Kier molecular flexibility index (Phi) is 4.64. The van der Waals surface area contributed by atoms with E-state index in [1.807, 2.05) is 6.92 Å². The zero-order valence-electron chi connectivity index (χ0n) is 15.1. The maximum absolute atomic E-state index is 12.1. The molecule has 6 atom stereocenters. The van der Waals surface area contributed by atoms with E-state index in [1.54, 1.807) is 0 Å². The van der Waals surface area contributed by atoms with Crippen molar-refractivity contribution < 1.29 is 28.6 Å². The van der Waals surface area contributed by atoms with E-state index < -0.39 is 5.41 Å². The lowest BCUT2D eigenvalue weighted by molar-refractivity contribution is -0.167. The van der Waals surface area contributed by atoms with E-state index in [4.69, 9.17) is 14.2 Å². The summed E-state index contributed by atoms with van der Waals surface area (Å²) in [5.41, 5.74) is 0.0128. The van der Waals surface area contributed by atoms with Gasteiger partial charge in [0, 0.05) is 30.8 Å². The molecule has 3 fully saturated rings. The van der Waals surface area contributed by atoms with Crippen LogP contribution in [0.1, 0.15) is 46.5 Å². The van der Waals surface area contributed by atoms with Crippen LogP contribution in [0.2, 0.25) is 0 Å². The van der Waals surface area contributed by atoms with Crippen molar-refractivity contribution in [2.75, 3.05) is 6.61 Å². The minimum atomic E-state index is -0.493. The molecule has 1 heterocycles. The summed E-state index contributed by atoms with van der Waals surface area (Å²) in [4.78, 5) is 35.0. The third-order valence-electron chi connectivity index (χ3n) is 6.38. The number of carbonyl (C=O) groups excluding carboxylic acids is 3. The predicted molar refractivity (Wildman–Crippen MR) is 88.3 cm³/mol. The fourth-order valence-corrected chi connectivity index (χ4v) is 5.23. The van der Waals surface area contributed by atoms with E-state index in [0.717, 1.165) is 25.7 Å². The quantitative estimate of drug-likeness (QED) is 0.442. The zero-order valence-corrected chi connectivity index (χ0v) is 15.1. The maximum atomic E-state index is 12.1. The van der Waals surface area contributed by atoms with Crippen molar-refractivity contribution >= 4 is 17.9 Å². The van der Waals surface area contributed by atoms with Crippen LogP contribution >= 0.6 is 0 Å². The SMILES string of the molecule is C=C1C(=O)O[C@@H]2[C@H]1CC[C@H](COC(C)=O)[C@@H]1CC[C@@H](OC(C)=O)[C@@]21C. The Bertz CT molecular complexity index is 611. The molecule has 138 valence electrons. The lowest BCUT2D eigenvalue weighted by Gasteiger charge is -2.42. The van der Waals surface area contributed by atoms with Crippen molar-refractivity contribution in [3.05, 3.63) is 12.2 Å². The molecule has 0 aromatic carbocycles. The first-order valence-corrected chi connectivity index (χ1v) is 8.95. The van der Waals surface area contributed by atoms with E-state index in [1.165, 1.54) is 13.8 Å². The number of hydrogen-bond acceptors (Lipinski definition) is 6. The molecule has 6 heteroatoms. The van der Waals surface area contributed by atoms with E-state index in [0.29, 0.717) is 12.2 Å². The third kappa shape index (κ3) is 2.96. The van der Waals surface area contributed by atoms with Gasteiger partial charge in [-0.25, -0.2) is 4.79 Å². The van der Waals surface area contributed by atoms with Gasteiger partial charge in [0.25, 0.3) is 0 Å². The molecule has 2 saturated carbocycles. The number of carbonyl (C=O) groups is 3. The van der Waals surface area contributed by atoms with Gasteiger partial charge in [0.05, 0.1) is 6.61 Å². The molecule has 3 rings (SSSR count). The van der Waals surface area contributed by atoms with Crippen molar-refractivity contribution in [1.82, 2.24) is 0 Å². The molecular weight excluding hydrogens is 324 g/mol. The number of fused-ring (bicyclic) bond motifs is 3. The molecule has 0 radical (unpaired) electrons. The first-order valence-electron chi connectivity index (χ1n) is 8.95. The lowest BCUT2D eigenvalue weighted by atomic mass is 9.67. The Hall–Kier alpha value is -1.85. The van der Waals surface area contributed by atoms with Gasteiger partial charge in [0.15, 0.2) is 0 Å². The second-order valence-electron chi connectivity index (χ2n) is 7.75. The van der Waals surface area contributed by atoms with Crippen molar-refractivity contribution in [3.63, 3.8) is 0 Å². The van der Waals surface area contributed by atoms with Crippen molar-refractivity contribution in [1.29, 1.82) is 0 Å². The van der Waals surface area contributed by atoms with Crippen LogP contribution in [0.4, 0.5) is 0 Å². The average molecular weight is 350 g/mol. The zero-order chi connectivity index (χ0) is 18.4. The van der Waals surface area contributed by atoms with Crippen LogP contribution in [0.15, 0.2) is 12.2 Å². The second-order valence-corrected chi connectivity index (χ2v) is 7.75. The molecule has 1 saturated heterocycles. The highest BCUT2D eigenvalue weighted by Gasteiger charge is 2.63. The Morgan fingerprint density at radius 3 is 2.56 bits per heavy atom. The van der Waals surface area contributed by atoms with E-state index in [9.17, 15) is 14.4 Å². The summed E-state index contributed by atoms with van der Waals surface area (Å²) in [6.07, 6.45) is 2.53. The molecule has 0 aromatic rings. The lowest BCUT2D eigenvalue weighted by Crippen LogP contribution is -2.48. The molecule has 3 aliphatic rings. The molecule has 0 N–H and O–H groups in total. The molecule has 2 aliphatic carbocycles. The molecule has 1 aliphatic heterocycles. The van der Waals surface area contributed by atoms with Gasteiger partial charge in [-0.2, -0.15) is 0 Å². The van der Waals surface area contributed by atoms with Crippen LogP contribution in [0, 0.1) is 23.2 Å². The van der Waals surface area contributed by atoms with Crippen LogP contribution in [-0.4, -0.2) is 36.7 Å². The molecule has 0 aromatic heterocycles. The standard InChI is InChI=1S/C19H26O6/c1-10-14-6-5-13(9-23-11(2)20)15-7-8-16(24-12(3)21)19(15,4)17(14)25-18(10)22/h13-17H,1,5-9H2,2-4H3/t13-,14+,15+,16-,17-,19+/m1/s1. The van der Waals surface area contributed by atoms with E-state index >= 15 is 0 Å². The summed E-state index contributed by atoms with van der Waals surface area (Å²) in [5, 5.41) is 0. The first-order chi connectivity index (χ1) is 11.7. The van der Waals surface area contributed by atoms with Crippen LogP contribution in [0.3, 0.4) is 0 Å². The molecular formula is C19H26O6. The van der Waals surface area contributed by atoms with Crippen LogP contribution in [0.25, 0.3) is 0 Å². The van der Waals surface area contributed by atoms with Crippen molar-refractivity contribution in [2.45, 2.75) is 58.7 Å². The maximum Gasteiger partial charge on any atom is 0.334 e. The van der Waals surface area contributed by atoms with Gasteiger partial charge in [0.1, 0.15) is 12.2 Å². The first kappa shape index (κ1) is 18.0. The molecule has 25 heavy (non-hydrogen) atoms. The summed E-state index contributed by atoms with van der Waals surface area (Å²) in [6, 6.07) is 0. The molecule has 0 spiro atoms. The monoisotopic (exact) mass is 350 g/mol. The smallest absolute Gasteiger partial charge is 0.334 e. The van der Waals surface area contributed by atoms with Gasteiger partial charge in [0.2, 0.25) is 0 Å². The summed E-state index contributed by atoms with van der Waals surface area (Å²) in [7, 11) is 0. The Morgan fingerprint density at radius 1 is 1.20 bits per heavy atom. The van der Waals surface area contributed by atoms with E-state index in [2.05, 4.69) is 6.58 Å². The topological polar surface area (TPSA) is 78.9 Å². The highest BCUT2D eigenvalue weighted by atomic mass is 16.6. The van der Waals surface area contributed by atoms with Crippen molar-refractivity contribution in [2.24, 2.45) is 23.2 Å². The van der Waals surface area contributed by atoms with Crippen LogP contribution in [-0.2, 0) is 28.6 Å². The summed E-state index contributed by atoms with van der Waals surface area (Å²) < 4.78 is 16.6. The van der Waals surface area contributed by atoms with Crippen LogP contribution in [0.5, 0.6) is 0 Å². The minimum Gasteiger partial charge on any atom is -0.466 e. The fraction of sp³-hybridized carbons (Fsp3) is 0.737. The molecule has 0 amide bonds.